The molecule has 9 heteroatoms. The van der Waals surface area contributed by atoms with Crippen molar-refractivity contribution in [1.82, 2.24) is 4.72 Å². The lowest BCUT2D eigenvalue weighted by atomic mass is 10.1. The number of sulfonamides is 1. The second-order valence-electron chi connectivity index (χ2n) is 6.63. The molecule has 0 heterocycles. The molecular formula is C22H23NO6S2. The molecule has 0 aliphatic rings. The third-order valence-corrected chi connectivity index (χ3v) is 7.88. The molecule has 0 unspecified atom stereocenters. The molecular weight excluding hydrogens is 438 g/mol. The minimum absolute atomic E-state index is 0.0564. The van der Waals surface area contributed by atoms with Crippen molar-refractivity contribution in [3.8, 4) is 11.5 Å². The van der Waals surface area contributed by atoms with Gasteiger partial charge in [0.05, 0.1) is 24.0 Å². The molecule has 31 heavy (non-hydrogen) atoms. The van der Waals surface area contributed by atoms with Gasteiger partial charge >= 0.3 is 0 Å². The van der Waals surface area contributed by atoms with Crippen molar-refractivity contribution in [3.05, 3.63) is 78.4 Å². The molecule has 0 radical (unpaired) electrons. The molecule has 0 bridgehead atoms. The normalized spacial score (nSPS) is 11.8. The van der Waals surface area contributed by atoms with Crippen LogP contribution in [0.15, 0.2) is 87.5 Å². The van der Waals surface area contributed by atoms with Crippen LogP contribution in [0, 0.1) is 0 Å². The van der Waals surface area contributed by atoms with E-state index in [2.05, 4.69) is 4.72 Å². The lowest BCUT2D eigenvalue weighted by Crippen LogP contribution is -2.26. The monoisotopic (exact) mass is 461 g/mol. The summed E-state index contributed by atoms with van der Waals surface area (Å²) in [6.07, 6.45) is 0.431. The Balaban J connectivity index is 1.86. The number of sulfone groups is 1. The lowest BCUT2D eigenvalue weighted by Gasteiger charge is -2.13. The Morgan fingerprint density at radius 3 is 2.19 bits per heavy atom. The number of methoxy groups -OCH3 is 2. The van der Waals surface area contributed by atoms with E-state index in [1.165, 1.54) is 31.4 Å². The predicted molar refractivity (Wildman–Crippen MR) is 117 cm³/mol. The van der Waals surface area contributed by atoms with Crippen molar-refractivity contribution in [2.24, 2.45) is 0 Å². The maximum absolute atomic E-state index is 12.9. The van der Waals surface area contributed by atoms with Crippen LogP contribution in [0.3, 0.4) is 0 Å². The van der Waals surface area contributed by atoms with Crippen molar-refractivity contribution in [1.29, 1.82) is 0 Å². The average Bonchev–Trinajstić information content (AvgIpc) is 2.79. The molecule has 0 aliphatic carbocycles. The summed E-state index contributed by atoms with van der Waals surface area (Å²) in [5.41, 5.74) is 0.898. The Morgan fingerprint density at radius 2 is 1.52 bits per heavy atom. The Kier molecular flexibility index (Phi) is 6.99. The molecule has 3 rings (SSSR count). The van der Waals surface area contributed by atoms with Crippen molar-refractivity contribution in [3.63, 3.8) is 0 Å². The minimum atomic E-state index is -4.02. The Labute approximate surface area is 182 Å². The van der Waals surface area contributed by atoms with Gasteiger partial charge in [0.25, 0.3) is 0 Å². The zero-order valence-electron chi connectivity index (χ0n) is 17.1. The van der Waals surface area contributed by atoms with Gasteiger partial charge in [-0.15, -0.1) is 0 Å². The zero-order chi connectivity index (χ0) is 22.5. The van der Waals surface area contributed by atoms with E-state index in [1.54, 1.807) is 31.4 Å². The molecule has 7 nitrogen and oxygen atoms in total. The maximum atomic E-state index is 12.9. The second kappa shape index (κ2) is 9.51. The zero-order valence-corrected chi connectivity index (χ0v) is 18.7. The first-order chi connectivity index (χ1) is 14.8. The lowest BCUT2D eigenvalue weighted by molar-refractivity contribution is 0.401. The van der Waals surface area contributed by atoms with Gasteiger partial charge in [-0.2, -0.15) is 0 Å². The minimum Gasteiger partial charge on any atom is -0.497 e. The standard InChI is InChI=1S/C22H23NO6S2/c1-28-18-8-6-7-17(15-18)13-14-23-31(26,27)22-16-20(11-12-21(22)29-2)30(24,25)19-9-4-3-5-10-19/h3-12,15-16,23H,13-14H2,1-2H3. The molecule has 164 valence electrons. The molecule has 0 atom stereocenters. The van der Waals surface area contributed by atoms with Crippen molar-refractivity contribution in [2.45, 2.75) is 21.1 Å². The molecule has 0 spiro atoms. The number of ether oxygens (including phenoxy) is 2. The highest BCUT2D eigenvalue weighted by Crippen LogP contribution is 2.29. The fourth-order valence-electron chi connectivity index (χ4n) is 3.01. The third-order valence-electron chi connectivity index (χ3n) is 4.63. The molecule has 0 aliphatic heterocycles. The fraction of sp³-hybridized carbons (Fsp3) is 0.182. The van der Waals surface area contributed by atoms with Crippen LogP contribution in [0.2, 0.25) is 0 Å². The van der Waals surface area contributed by atoms with Gasteiger partial charge in [-0.1, -0.05) is 30.3 Å². The van der Waals surface area contributed by atoms with Crippen LogP contribution in [0.4, 0.5) is 0 Å². The Bertz CT molecular complexity index is 1260. The van der Waals surface area contributed by atoms with Gasteiger partial charge in [0, 0.05) is 6.54 Å². The van der Waals surface area contributed by atoms with Crippen LogP contribution >= 0.6 is 0 Å². The summed E-state index contributed by atoms with van der Waals surface area (Å²) < 4.78 is 64.5. The van der Waals surface area contributed by atoms with Gasteiger partial charge < -0.3 is 9.47 Å². The first-order valence-corrected chi connectivity index (χ1v) is 12.4. The maximum Gasteiger partial charge on any atom is 0.244 e. The van der Waals surface area contributed by atoms with E-state index in [0.717, 1.165) is 11.6 Å². The van der Waals surface area contributed by atoms with E-state index in [0.29, 0.717) is 12.2 Å². The van der Waals surface area contributed by atoms with E-state index >= 15 is 0 Å². The summed E-state index contributed by atoms with van der Waals surface area (Å²) in [4.78, 5) is -0.292. The summed E-state index contributed by atoms with van der Waals surface area (Å²) in [7, 11) is -5.01. The first-order valence-electron chi connectivity index (χ1n) is 9.39. The number of hydrogen-bond acceptors (Lipinski definition) is 6. The van der Waals surface area contributed by atoms with Gasteiger partial charge in [-0.25, -0.2) is 21.6 Å². The largest absolute Gasteiger partial charge is 0.497 e. The summed E-state index contributed by atoms with van der Waals surface area (Å²) in [6.45, 7) is 0.119. The van der Waals surface area contributed by atoms with E-state index in [1.807, 2.05) is 18.2 Å². The number of rotatable bonds is 9. The molecule has 0 saturated carbocycles. The van der Waals surface area contributed by atoms with Gasteiger partial charge in [-0.05, 0) is 54.4 Å². The van der Waals surface area contributed by atoms with E-state index in [4.69, 9.17) is 9.47 Å². The molecule has 3 aromatic carbocycles. The topological polar surface area (TPSA) is 98.8 Å². The highest BCUT2D eigenvalue weighted by atomic mass is 32.2. The second-order valence-corrected chi connectivity index (χ2v) is 10.3. The summed E-state index contributed by atoms with van der Waals surface area (Å²) in [6, 6.07) is 18.9. The van der Waals surface area contributed by atoms with Crippen LogP contribution < -0.4 is 14.2 Å². The van der Waals surface area contributed by atoms with E-state index < -0.39 is 19.9 Å². The summed E-state index contributed by atoms with van der Waals surface area (Å²) in [5, 5.41) is 0. The Morgan fingerprint density at radius 1 is 0.774 bits per heavy atom. The molecule has 3 aromatic rings. The third kappa shape index (κ3) is 5.25. The predicted octanol–water partition coefficient (Wildman–Crippen LogP) is 3.06. The van der Waals surface area contributed by atoms with E-state index in [9.17, 15) is 16.8 Å². The number of benzene rings is 3. The number of hydrogen-bond donors (Lipinski definition) is 1. The fourth-order valence-corrected chi connectivity index (χ4v) is 5.61. The van der Waals surface area contributed by atoms with Crippen molar-refractivity contribution in [2.75, 3.05) is 20.8 Å². The number of nitrogens with one attached hydrogen (secondary N) is 1. The molecule has 0 amide bonds. The molecule has 1 N–H and O–H groups in total. The molecule has 0 aromatic heterocycles. The van der Waals surface area contributed by atoms with Gasteiger partial charge in [0.2, 0.25) is 19.9 Å². The van der Waals surface area contributed by atoms with Crippen LogP contribution in [0.25, 0.3) is 0 Å². The first kappa shape index (κ1) is 22.8. The van der Waals surface area contributed by atoms with Crippen molar-refractivity contribution < 1.29 is 26.3 Å². The molecule has 0 fully saturated rings. The van der Waals surface area contributed by atoms with Gasteiger partial charge in [0.1, 0.15) is 16.4 Å². The molecule has 0 saturated heterocycles. The smallest absolute Gasteiger partial charge is 0.244 e. The summed E-state index contributed by atoms with van der Waals surface area (Å²) in [5.74, 6) is 0.738. The van der Waals surface area contributed by atoms with Crippen LogP contribution in [0.5, 0.6) is 11.5 Å². The average molecular weight is 462 g/mol. The quantitative estimate of drug-likeness (QED) is 0.526. The van der Waals surface area contributed by atoms with Crippen molar-refractivity contribution >= 4 is 19.9 Å². The van der Waals surface area contributed by atoms with Crippen LogP contribution in [-0.4, -0.2) is 37.6 Å². The van der Waals surface area contributed by atoms with Gasteiger partial charge in [0.15, 0.2) is 0 Å². The van der Waals surface area contributed by atoms with E-state index in [-0.39, 0.29) is 27.0 Å². The summed E-state index contributed by atoms with van der Waals surface area (Å²) >= 11 is 0. The Hall–Kier alpha value is -2.88. The van der Waals surface area contributed by atoms with Crippen LogP contribution in [0.1, 0.15) is 5.56 Å². The SMILES string of the molecule is COc1cccc(CCNS(=O)(=O)c2cc(S(=O)(=O)c3ccccc3)ccc2OC)c1. The highest BCUT2D eigenvalue weighted by Gasteiger charge is 2.24. The highest BCUT2D eigenvalue weighted by molar-refractivity contribution is 7.91. The van der Waals surface area contributed by atoms with Crippen LogP contribution in [-0.2, 0) is 26.3 Å². The van der Waals surface area contributed by atoms with Gasteiger partial charge in [-0.3, -0.25) is 0 Å².